The molecule has 1 aromatic rings. The van der Waals surface area contributed by atoms with E-state index in [0.29, 0.717) is 11.6 Å². The van der Waals surface area contributed by atoms with E-state index in [1.54, 1.807) is 39.2 Å². The number of likely N-dealkylation sites (N-methyl/N-ethyl adjacent to an activating group) is 1. The second kappa shape index (κ2) is 4.63. The Kier molecular flexibility index (Phi) is 3.49. The summed E-state index contributed by atoms with van der Waals surface area (Å²) < 4.78 is 0. The van der Waals surface area contributed by atoms with Gasteiger partial charge in [0.15, 0.2) is 0 Å². The molecule has 0 fully saturated rings. The summed E-state index contributed by atoms with van der Waals surface area (Å²) in [4.78, 5) is 17.1. The monoisotopic (exact) mass is 208 g/mol. The van der Waals surface area contributed by atoms with Gasteiger partial charge in [-0.1, -0.05) is 6.07 Å². The Balaban J connectivity index is 2.66. The highest BCUT2D eigenvalue weighted by atomic mass is 16.2. The van der Waals surface area contributed by atoms with E-state index in [4.69, 9.17) is 5.73 Å². The number of hydrogen-bond donors (Lipinski definition) is 2. The van der Waals surface area contributed by atoms with Gasteiger partial charge in [-0.15, -0.1) is 0 Å². The molecule has 1 rings (SSSR count). The summed E-state index contributed by atoms with van der Waals surface area (Å²) in [6.45, 7) is 1.78. The molecular formula is C10H16N4O. The fourth-order valence-electron chi connectivity index (χ4n) is 1.20. The van der Waals surface area contributed by atoms with Crippen LogP contribution in [0.4, 0.5) is 11.6 Å². The summed E-state index contributed by atoms with van der Waals surface area (Å²) in [5, 5.41) is 2.98. The summed E-state index contributed by atoms with van der Waals surface area (Å²) in [5.41, 5.74) is 5.52. The molecule has 0 bridgehead atoms. The summed E-state index contributed by atoms with van der Waals surface area (Å²) in [6.07, 6.45) is 0. The number of carbonyl (C=O) groups excluding carboxylic acids is 1. The second-order valence-corrected chi connectivity index (χ2v) is 3.55. The molecule has 0 aliphatic rings. The van der Waals surface area contributed by atoms with Crippen LogP contribution in [0, 0.1) is 0 Å². The topological polar surface area (TPSA) is 71.2 Å². The van der Waals surface area contributed by atoms with Gasteiger partial charge >= 0.3 is 0 Å². The Morgan fingerprint density at radius 2 is 2.20 bits per heavy atom. The number of hydrogen-bond acceptors (Lipinski definition) is 4. The first-order valence-electron chi connectivity index (χ1n) is 4.71. The Hall–Kier alpha value is -1.78. The van der Waals surface area contributed by atoms with E-state index in [1.807, 2.05) is 0 Å². The minimum Gasteiger partial charge on any atom is -0.384 e. The molecule has 15 heavy (non-hydrogen) atoms. The summed E-state index contributed by atoms with van der Waals surface area (Å²) >= 11 is 0. The van der Waals surface area contributed by atoms with Gasteiger partial charge in [0.2, 0.25) is 5.91 Å². The van der Waals surface area contributed by atoms with Crippen LogP contribution in [0.5, 0.6) is 0 Å². The number of anilines is 2. The number of nitrogens with two attached hydrogens (primary N) is 1. The number of rotatable bonds is 3. The zero-order valence-electron chi connectivity index (χ0n) is 9.19. The number of carbonyl (C=O) groups is 1. The van der Waals surface area contributed by atoms with Gasteiger partial charge in [-0.05, 0) is 19.1 Å². The third kappa shape index (κ3) is 3.12. The molecule has 0 saturated carbocycles. The molecule has 1 heterocycles. The number of amides is 1. The SMILES string of the molecule is CC(Nc1cccc(N)n1)C(=O)N(C)C. The molecule has 0 aromatic carbocycles. The second-order valence-electron chi connectivity index (χ2n) is 3.55. The van der Waals surface area contributed by atoms with Crippen molar-refractivity contribution < 1.29 is 4.79 Å². The van der Waals surface area contributed by atoms with Crippen molar-refractivity contribution in [3.8, 4) is 0 Å². The average Bonchev–Trinajstić information content (AvgIpc) is 2.16. The molecule has 1 amide bonds. The highest BCUT2D eigenvalue weighted by Crippen LogP contribution is 2.07. The normalized spacial score (nSPS) is 11.9. The standard InChI is InChI=1S/C10H16N4O/c1-7(10(15)14(2)3)12-9-6-4-5-8(11)13-9/h4-7H,1-3H3,(H3,11,12,13). The van der Waals surface area contributed by atoms with E-state index in [9.17, 15) is 4.79 Å². The Labute approximate surface area is 89.3 Å². The summed E-state index contributed by atoms with van der Waals surface area (Å²) in [7, 11) is 3.43. The first-order chi connectivity index (χ1) is 7.00. The molecule has 5 nitrogen and oxygen atoms in total. The van der Waals surface area contributed by atoms with Crippen LogP contribution in [-0.4, -0.2) is 35.9 Å². The van der Waals surface area contributed by atoms with E-state index in [2.05, 4.69) is 10.3 Å². The molecule has 0 aliphatic heterocycles. The van der Waals surface area contributed by atoms with Crippen LogP contribution in [-0.2, 0) is 4.79 Å². The van der Waals surface area contributed by atoms with Crippen molar-refractivity contribution >= 4 is 17.5 Å². The molecule has 0 saturated heterocycles. The molecule has 3 N–H and O–H groups in total. The quantitative estimate of drug-likeness (QED) is 0.761. The van der Waals surface area contributed by atoms with E-state index >= 15 is 0 Å². The van der Waals surface area contributed by atoms with Crippen molar-refractivity contribution in [2.24, 2.45) is 0 Å². The largest absolute Gasteiger partial charge is 0.384 e. The Bertz CT molecular complexity index is 351. The smallest absolute Gasteiger partial charge is 0.244 e. The van der Waals surface area contributed by atoms with E-state index < -0.39 is 0 Å². The number of nitrogen functional groups attached to an aromatic ring is 1. The predicted octanol–water partition coefficient (Wildman–Crippen LogP) is 0.552. The van der Waals surface area contributed by atoms with Crippen LogP contribution in [0.15, 0.2) is 18.2 Å². The van der Waals surface area contributed by atoms with Gasteiger partial charge < -0.3 is 16.0 Å². The number of pyridine rings is 1. The van der Waals surface area contributed by atoms with Gasteiger partial charge in [0.1, 0.15) is 17.7 Å². The van der Waals surface area contributed by atoms with Crippen LogP contribution < -0.4 is 11.1 Å². The zero-order chi connectivity index (χ0) is 11.4. The van der Waals surface area contributed by atoms with Crippen LogP contribution >= 0.6 is 0 Å². The lowest BCUT2D eigenvalue weighted by molar-refractivity contribution is -0.129. The van der Waals surface area contributed by atoms with Crippen molar-refractivity contribution in [2.75, 3.05) is 25.1 Å². The number of nitrogens with one attached hydrogen (secondary N) is 1. The third-order valence-electron chi connectivity index (χ3n) is 1.95. The zero-order valence-corrected chi connectivity index (χ0v) is 9.19. The maximum Gasteiger partial charge on any atom is 0.244 e. The van der Waals surface area contributed by atoms with Crippen LogP contribution in [0.3, 0.4) is 0 Å². The lowest BCUT2D eigenvalue weighted by Crippen LogP contribution is -2.36. The first kappa shape index (κ1) is 11.3. The summed E-state index contributed by atoms with van der Waals surface area (Å²) in [5.74, 6) is 1.04. The lowest BCUT2D eigenvalue weighted by Gasteiger charge is -2.18. The molecular weight excluding hydrogens is 192 g/mol. The van der Waals surface area contributed by atoms with Gasteiger partial charge in [0.25, 0.3) is 0 Å². The fraction of sp³-hybridized carbons (Fsp3) is 0.400. The Morgan fingerprint density at radius 3 is 2.73 bits per heavy atom. The number of nitrogens with zero attached hydrogens (tertiary/aromatic N) is 2. The average molecular weight is 208 g/mol. The van der Waals surface area contributed by atoms with Crippen LogP contribution in [0.25, 0.3) is 0 Å². The van der Waals surface area contributed by atoms with E-state index in [-0.39, 0.29) is 11.9 Å². The molecule has 5 heteroatoms. The van der Waals surface area contributed by atoms with Crippen LogP contribution in [0.1, 0.15) is 6.92 Å². The van der Waals surface area contributed by atoms with Crippen molar-refractivity contribution in [3.63, 3.8) is 0 Å². The lowest BCUT2D eigenvalue weighted by atomic mass is 10.3. The first-order valence-corrected chi connectivity index (χ1v) is 4.71. The van der Waals surface area contributed by atoms with E-state index in [1.165, 1.54) is 4.90 Å². The van der Waals surface area contributed by atoms with Gasteiger partial charge in [0.05, 0.1) is 0 Å². The maximum atomic E-state index is 11.5. The number of aromatic nitrogens is 1. The third-order valence-corrected chi connectivity index (χ3v) is 1.95. The molecule has 0 radical (unpaired) electrons. The predicted molar refractivity (Wildman–Crippen MR) is 60.4 cm³/mol. The van der Waals surface area contributed by atoms with Crippen LogP contribution in [0.2, 0.25) is 0 Å². The van der Waals surface area contributed by atoms with Crippen molar-refractivity contribution in [1.82, 2.24) is 9.88 Å². The molecule has 0 spiro atoms. The highest BCUT2D eigenvalue weighted by Gasteiger charge is 2.14. The minimum absolute atomic E-state index is 0.000718. The fourth-order valence-corrected chi connectivity index (χ4v) is 1.20. The highest BCUT2D eigenvalue weighted by molar-refractivity contribution is 5.83. The molecule has 1 aromatic heterocycles. The molecule has 1 atom stereocenters. The molecule has 82 valence electrons. The van der Waals surface area contributed by atoms with Gasteiger partial charge in [0, 0.05) is 14.1 Å². The minimum atomic E-state index is -0.311. The van der Waals surface area contributed by atoms with E-state index in [0.717, 1.165) is 0 Å². The van der Waals surface area contributed by atoms with Crippen molar-refractivity contribution in [3.05, 3.63) is 18.2 Å². The maximum absolute atomic E-state index is 11.5. The van der Waals surface area contributed by atoms with Crippen molar-refractivity contribution in [2.45, 2.75) is 13.0 Å². The van der Waals surface area contributed by atoms with Gasteiger partial charge in [-0.25, -0.2) is 4.98 Å². The summed E-state index contributed by atoms with van der Waals surface area (Å²) in [6, 6.07) is 4.95. The van der Waals surface area contributed by atoms with Gasteiger partial charge in [-0.3, -0.25) is 4.79 Å². The van der Waals surface area contributed by atoms with Gasteiger partial charge in [-0.2, -0.15) is 0 Å². The molecule has 0 aliphatic carbocycles. The molecule has 1 unspecified atom stereocenters. The Morgan fingerprint density at radius 1 is 1.53 bits per heavy atom. The van der Waals surface area contributed by atoms with Crippen molar-refractivity contribution in [1.29, 1.82) is 0 Å².